The number of nitrogens with zero attached hydrogens (tertiary/aromatic N) is 1. The highest BCUT2D eigenvalue weighted by atomic mass is 35.5. The van der Waals surface area contributed by atoms with E-state index in [1.165, 1.54) is 0 Å². The molecule has 1 aliphatic rings. The number of hydrogen-bond donors (Lipinski definition) is 1. The van der Waals surface area contributed by atoms with Crippen molar-refractivity contribution in [3.63, 3.8) is 0 Å². The lowest BCUT2D eigenvalue weighted by atomic mass is 10.2. The summed E-state index contributed by atoms with van der Waals surface area (Å²) in [6.07, 6.45) is 0. The van der Waals surface area contributed by atoms with Gasteiger partial charge in [0.15, 0.2) is 11.5 Å². The maximum atomic E-state index is 9.11. The van der Waals surface area contributed by atoms with E-state index in [-0.39, 0.29) is 6.79 Å². The molecule has 2 aromatic carbocycles. The van der Waals surface area contributed by atoms with Gasteiger partial charge in [-0.05, 0) is 24.3 Å². The number of halogens is 1. The van der Waals surface area contributed by atoms with E-state index >= 15 is 0 Å². The van der Waals surface area contributed by atoms with Crippen molar-refractivity contribution in [3.8, 4) is 17.6 Å². The lowest BCUT2D eigenvalue weighted by molar-refractivity contribution is 0.174. The van der Waals surface area contributed by atoms with E-state index < -0.39 is 0 Å². The van der Waals surface area contributed by atoms with E-state index in [9.17, 15) is 0 Å². The Morgan fingerprint density at radius 1 is 1.16 bits per heavy atom. The van der Waals surface area contributed by atoms with E-state index in [1.54, 1.807) is 18.2 Å². The minimum Gasteiger partial charge on any atom is -0.454 e. The van der Waals surface area contributed by atoms with E-state index in [0.29, 0.717) is 22.0 Å². The number of anilines is 2. The Balaban J connectivity index is 1.94. The first kappa shape index (κ1) is 11.7. The molecule has 2 aromatic rings. The van der Waals surface area contributed by atoms with Crippen LogP contribution in [0.4, 0.5) is 11.4 Å². The summed E-state index contributed by atoms with van der Waals surface area (Å²) in [6, 6.07) is 12.9. The molecule has 3 rings (SSSR count). The molecular weight excluding hydrogens is 264 g/mol. The number of hydrogen-bond acceptors (Lipinski definition) is 4. The molecule has 0 aliphatic carbocycles. The smallest absolute Gasteiger partial charge is 0.231 e. The van der Waals surface area contributed by atoms with Crippen molar-refractivity contribution in [3.05, 3.63) is 47.0 Å². The van der Waals surface area contributed by atoms with Crippen LogP contribution in [0.25, 0.3) is 0 Å². The summed E-state index contributed by atoms with van der Waals surface area (Å²) < 4.78 is 10.5. The third kappa shape index (κ3) is 2.16. The fraction of sp³-hybridized carbons (Fsp3) is 0.0714. The van der Waals surface area contributed by atoms with Crippen molar-refractivity contribution in [2.45, 2.75) is 0 Å². The maximum absolute atomic E-state index is 9.11. The van der Waals surface area contributed by atoms with E-state index in [4.69, 9.17) is 26.3 Å². The molecule has 0 spiro atoms. The van der Waals surface area contributed by atoms with Gasteiger partial charge in [0.2, 0.25) is 6.79 Å². The monoisotopic (exact) mass is 272 g/mol. The van der Waals surface area contributed by atoms with Crippen LogP contribution in [0.5, 0.6) is 11.5 Å². The van der Waals surface area contributed by atoms with Crippen molar-refractivity contribution in [2.24, 2.45) is 0 Å². The third-order valence-electron chi connectivity index (χ3n) is 2.78. The molecule has 0 aromatic heterocycles. The molecule has 0 unspecified atom stereocenters. The Morgan fingerprint density at radius 3 is 2.84 bits per heavy atom. The first-order chi connectivity index (χ1) is 9.28. The minimum absolute atomic E-state index is 0.236. The summed E-state index contributed by atoms with van der Waals surface area (Å²) in [7, 11) is 0. The zero-order valence-corrected chi connectivity index (χ0v) is 10.6. The van der Waals surface area contributed by atoms with Gasteiger partial charge in [-0.25, -0.2) is 0 Å². The van der Waals surface area contributed by atoms with Gasteiger partial charge in [-0.15, -0.1) is 0 Å². The topological polar surface area (TPSA) is 54.3 Å². The van der Waals surface area contributed by atoms with E-state index in [2.05, 4.69) is 11.4 Å². The molecule has 4 nitrogen and oxygen atoms in total. The lowest BCUT2D eigenvalue weighted by Gasteiger charge is -2.09. The standard InChI is InChI=1S/C14H9ClN2O2/c15-11-2-1-3-12(10(11)7-16)17-9-4-5-13-14(6-9)19-8-18-13/h1-6,17H,8H2. The molecule has 0 amide bonds. The van der Waals surface area contributed by atoms with Crippen molar-refractivity contribution in [1.82, 2.24) is 0 Å². The van der Waals surface area contributed by atoms with Crippen LogP contribution in [-0.2, 0) is 0 Å². The van der Waals surface area contributed by atoms with Gasteiger partial charge in [-0.1, -0.05) is 17.7 Å². The van der Waals surface area contributed by atoms with Crippen LogP contribution in [0.3, 0.4) is 0 Å². The van der Waals surface area contributed by atoms with Crippen molar-refractivity contribution in [1.29, 1.82) is 5.26 Å². The van der Waals surface area contributed by atoms with Crippen LogP contribution in [0.15, 0.2) is 36.4 Å². The van der Waals surface area contributed by atoms with Crippen molar-refractivity contribution >= 4 is 23.0 Å². The van der Waals surface area contributed by atoms with Crippen LogP contribution >= 0.6 is 11.6 Å². The van der Waals surface area contributed by atoms with Crippen LogP contribution in [0, 0.1) is 11.3 Å². The third-order valence-corrected chi connectivity index (χ3v) is 3.09. The van der Waals surface area contributed by atoms with E-state index in [0.717, 1.165) is 11.4 Å². The SMILES string of the molecule is N#Cc1c(Cl)cccc1Nc1ccc2c(c1)OCO2. The lowest BCUT2D eigenvalue weighted by Crippen LogP contribution is -1.94. The van der Waals surface area contributed by atoms with Gasteiger partial charge in [-0.3, -0.25) is 0 Å². The van der Waals surface area contributed by atoms with Gasteiger partial charge in [0, 0.05) is 11.8 Å². The number of fused-ring (bicyclic) bond motifs is 1. The highest BCUT2D eigenvalue weighted by molar-refractivity contribution is 6.32. The minimum atomic E-state index is 0.236. The van der Waals surface area contributed by atoms with Gasteiger partial charge in [0.05, 0.1) is 16.3 Å². The maximum Gasteiger partial charge on any atom is 0.231 e. The van der Waals surface area contributed by atoms with Crippen LogP contribution < -0.4 is 14.8 Å². The molecule has 1 heterocycles. The largest absolute Gasteiger partial charge is 0.454 e. The molecule has 19 heavy (non-hydrogen) atoms. The number of benzene rings is 2. The summed E-state index contributed by atoms with van der Waals surface area (Å²) in [5.74, 6) is 1.41. The molecule has 1 aliphatic heterocycles. The van der Waals surface area contributed by atoms with Crippen molar-refractivity contribution < 1.29 is 9.47 Å². The number of nitrogens with one attached hydrogen (secondary N) is 1. The molecular formula is C14H9ClN2O2. The molecule has 0 fully saturated rings. The van der Waals surface area contributed by atoms with Gasteiger partial charge in [0.1, 0.15) is 6.07 Å². The number of rotatable bonds is 2. The zero-order valence-electron chi connectivity index (χ0n) is 9.81. The Kier molecular flexibility index (Phi) is 2.90. The first-order valence-corrected chi connectivity index (χ1v) is 6.01. The Hall–Kier alpha value is -2.38. The first-order valence-electron chi connectivity index (χ1n) is 5.63. The highest BCUT2D eigenvalue weighted by Gasteiger charge is 2.14. The van der Waals surface area contributed by atoms with Gasteiger partial charge < -0.3 is 14.8 Å². The Morgan fingerprint density at radius 2 is 2.00 bits per heavy atom. The van der Waals surface area contributed by atoms with Gasteiger partial charge in [0.25, 0.3) is 0 Å². The molecule has 5 heteroatoms. The number of ether oxygens (including phenoxy) is 2. The summed E-state index contributed by atoms with van der Waals surface area (Å²) in [5, 5.41) is 12.7. The normalized spacial score (nSPS) is 12.0. The van der Waals surface area contributed by atoms with Crippen LogP contribution in [0.2, 0.25) is 5.02 Å². The average molecular weight is 273 g/mol. The second-order valence-electron chi connectivity index (χ2n) is 3.97. The molecule has 0 saturated carbocycles. The van der Waals surface area contributed by atoms with E-state index in [1.807, 2.05) is 18.2 Å². The van der Waals surface area contributed by atoms with Crippen LogP contribution in [0.1, 0.15) is 5.56 Å². The van der Waals surface area contributed by atoms with Gasteiger partial charge in [-0.2, -0.15) is 5.26 Å². The highest BCUT2D eigenvalue weighted by Crippen LogP contribution is 2.35. The summed E-state index contributed by atoms with van der Waals surface area (Å²) in [6.45, 7) is 0.236. The average Bonchev–Trinajstić information content (AvgIpc) is 2.86. The molecule has 0 saturated heterocycles. The predicted octanol–water partition coefficient (Wildman–Crippen LogP) is 3.68. The van der Waals surface area contributed by atoms with Gasteiger partial charge >= 0.3 is 0 Å². The molecule has 0 radical (unpaired) electrons. The zero-order chi connectivity index (χ0) is 13.2. The molecule has 0 atom stereocenters. The van der Waals surface area contributed by atoms with Crippen LogP contribution in [-0.4, -0.2) is 6.79 Å². The fourth-order valence-corrected chi connectivity index (χ4v) is 2.09. The van der Waals surface area contributed by atoms with Crippen molar-refractivity contribution in [2.75, 3.05) is 12.1 Å². The summed E-state index contributed by atoms with van der Waals surface area (Å²) in [4.78, 5) is 0. The number of nitriles is 1. The Labute approximate surface area is 115 Å². The Bertz CT molecular complexity index is 680. The summed E-state index contributed by atoms with van der Waals surface area (Å²) in [5.41, 5.74) is 1.89. The molecule has 94 valence electrons. The second kappa shape index (κ2) is 4.71. The molecule has 1 N–H and O–H groups in total. The quantitative estimate of drug-likeness (QED) is 0.906. The predicted molar refractivity (Wildman–Crippen MR) is 72.0 cm³/mol. The second-order valence-corrected chi connectivity index (χ2v) is 4.37. The fourth-order valence-electron chi connectivity index (χ4n) is 1.87. The summed E-state index contributed by atoms with van der Waals surface area (Å²) >= 11 is 5.98. The molecule has 0 bridgehead atoms.